The van der Waals surface area contributed by atoms with Crippen LogP contribution in [0, 0.1) is 6.07 Å². The highest BCUT2D eigenvalue weighted by atomic mass is 16.5. The van der Waals surface area contributed by atoms with Gasteiger partial charge >= 0.3 is 0 Å². The summed E-state index contributed by atoms with van der Waals surface area (Å²) in [6.07, 6.45) is 1.82. The predicted molar refractivity (Wildman–Crippen MR) is 30.8 cm³/mol. The van der Waals surface area contributed by atoms with Gasteiger partial charge in [0.05, 0.1) is 7.11 Å². The lowest BCUT2D eigenvalue weighted by Crippen LogP contribution is -1.90. The topological polar surface area (TPSA) is 14.2 Å². The SMILES string of the molecule is COc1c[c]cn1C. The highest BCUT2D eigenvalue weighted by Crippen LogP contribution is 2.06. The monoisotopic (exact) mass is 110 g/mol. The zero-order valence-corrected chi connectivity index (χ0v) is 5.01. The molecule has 1 rings (SSSR count). The first kappa shape index (κ1) is 5.22. The van der Waals surface area contributed by atoms with Gasteiger partial charge in [-0.15, -0.1) is 0 Å². The van der Waals surface area contributed by atoms with Crippen LogP contribution < -0.4 is 4.74 Å². The molecular weight excluding hydrogens is 102 g/mol. The van der Waals surface area contributed by atoms with E-state index in [0.717, 1.165) is 5.88 Å². The summed E-state index contributed by atoms with van der Waals surface area (Å²) in [6, 6.07) is 4.68. The van der Waals surface area contributed by atoms with E-state index in [1.165, 1.54) is 0 Å². The number of methoxy groups -OCH3 is 1. The Hall–Kier alpha value is -0.920. The number of hydrogen-bond donors (Lipinski definition) is 0. The summed E-state index contributed by atoms with van der Waals surface area (Å²) in [4.78, 5) is 0. The predicted octanol–water partition coefficient (Wildman–Crippen LogP) is 0.834. The molecule has 0 fully saturated rings. The number of hydrogen-bond acceptors (Lipinski definition) is 1. The van der Waals surface area contributed by atoms with Gasteiger partial charge in [0.2, 0.25) is 0 Å². The molecule has 0 aromatic carbocycles. The summed E-state index contributed by atoms with van der Waals surface area (Å²) in [5.41, 5.74) is 0. The highest BCUT2D eigenvalue weighted by Gasteiger charge is 1.90. The molecule has 0 aliphatic carbocycles. The molecule has 0 spiro atoms. The van der Waals surface area contributed by atoms with Crippen molar-refractivity contribution >= 4 is 0 Å². The van der Waals surface area contributed by atoms with Crippen molar-refractivity contribution in [1.82, 2.24) is 4.57 Å². The van der Waals surface area contributed by atoms with Crippen molar-refractivity contribution in [2.24, 2.45) is 7.05 Å². The summed E-state index contributed by atoms with van der Waals surface area (Å²) in [7, 11) is 3.55. The van der Waals surface area contributed by atoms with Crippen molar-refractivity contribution in [3.8, 4) is 5.88 Å². The molecule has 0 bridgehead atoms. The Kier molecular flexibility index (Phi) is 1.24. The Bertz CT molecular complexity index is 169. The fourth-order valence-electron chi connectivity index (χ4n) is 0.589. The zero-order valence-electron chi connectivity index (χ0n) is 5.01. The minimum absolute atomic E-state index is 0.838. The molecule has 8 heavy (non-hydrogen) atoms. The smallest absolute Gasteiger partial charge is 0.193 e. The van der Waals surface area contributed by atoms with E-state index in [1.807, 2.05) is 17.8 Å². The second kappa shape index (κ2) is 1.90. The van der Waals surface area contributed by atoms with Crippen molar-refractivity contribution < 1.29 is 4.74 Å². The molecule has 1 aromatic rings. The molecule has 43 valence electrons. The van der Waals surface area contributed by atoms with Crippen LogP contribution in [0.4, 0.5) is 0 Å². The Morgan fingerprint density at radius 2 is 2.50 bits per heavy atom. The quantitative estimate of drug-likeness (QED) is 0.522. The van der Waals surface area contributed by atoms with E-state index in [2.05, 4.69) is 6.07 Å². The van der Waals surface area contributed by atoms with E-state index >= 15 is 0 Å². The largest absolute Gasteiger partial charge is 0.482 e. The first-order valence-corrected chi connectivity index (χ1v) is 2.41. The van der Waals surface area contributed by atoms with Gasteiger partial charge in [-0.25, -0.2) is 0 Å². The zero-order chi connectivity index (χ0) is 5.98. The maximum Gasteiger partial charge on any atom is 0.193 e. The van der Waals surface area contributed by atoms with Crippen LogP contribution in [0.1, 0.15) is 0 Å². The van der Waals surface area contributed by atoms with Gasteiger partial charge in [0.1, 0.15) is 0 Å². The molecule has 0 aliphatic rings. The maximum atomic E-state index is 4.92. The summed E-state index contributed by atoms with van der Waals surface area (Å²) in [5, 5.41) is 0. The van der Waals surface area contributed by atoms with Gasteiger partial charge in [0.15, 0.2) is 5.88 Å². The van der Waals surface area contributed by atoms with E-state index < -0.39 is 0 Å². The Balaban J connectivity index is 2.92. The maximum absolute atomic E-state index is 4.92. The molecule has 1 radical (unpaired) electrons. The van der Waals surface area contributed by atoms with Crippen molar-refractivity contribution in [2.45, 2.75) is 0 Å². The second-order valence-corrected chi connectivity index (χ2v) is 1.59. The molecule has 0 saturated carbocycles. The van der Waals surface area contributed by atoms with Gasteiger partial charge in [-0.2, -0.15) is 0 Å². The Labute approximate surface area is 48.7 Å². The fraction of sp³-hybridized carbons (Fsp3) is 0.333. The summed E-state index contributed by atoms with van der Waals surface area (Å²) in [5.74, 6) is 0.838. The lowest BCUT2D eigenvalue weighted by molar-refractivity contribution is 0.382. The lowest BCUT2D eigenvalue weighted by Gasteiger charge is -1.97. The molecule has 0 atom stereocenters. The molecule has 0 N–H and O–H groups in total. The van der Waals surface area contributed by atoms with E-state index in [9.17, 15) is 0 Å². The summed E-state index contributed by atoms with van der Waals surface area (Å²) >= 11 is 0. The Morgan fingerprint density at radius 1 is 1.75 bits per heavy atom. The fourth-order valence-corrected chi connectivity index (χ4v) is 0.589. The third-order valence-corrected chi connectivity index (χ3v) is 1.03. The van der Waals surface area contributed by atoms with Crippen LogP contribution in [0.2, 0.25) is 0 Å². The van der Waals surface area contributed by atoms with Gasteiger partial charge < -0.3 is 9.30 Å². The Morgan fingerprint density at radius 3 is 2.75 bits per heavy atom. The number of aromatic nitrogens is 1. The minimum Gasteiger partial charge on any atom is -0.482 e. The van der Waals surface area contributed by atoms with E-state index in [1.54, 1.807) is 13.2 Å². The molecule has 2 nitrogen and oxygen atoms in total. The number of rotatable bonds is 1. The molecule has 1 heterocycles. The molecule has 0 aliphatic heterocycles. The average Bonchev–Trinajstić information content (AvgIpc) is 2.14. The van der Waals surface area contributed by atoms with Crippen LogP contribution in [0.3, 0.4) is 0 Å². The normalized spacial score (nSPS) is 9.25. The van der Waals surface area contributed by atoms with Crippen LogP contribution >= 0.6 is 0 Å². The van der Waals surface area contributed by atoms with Crippen LogP contribution in [-0.2, 0) is 7.05 Å². The van der Waals surface area contributed by atoms with Gasteiger partial charge in [0.25, 0.3) is 0 Å². The standard InChI is InChI=1S/C6H8NO/c1-7-5-3-4-6(7)8-2/h4-5H,1-2H3. The van der Waals surface area contributed by atoms with Crippen molar-refractivity contribution in [3.63, 3.8) is 0 Å². The first-order valence-electron chi connectivity index (χ1n) is 2.41. The number of nitrogens with zero attached hydrogens (tertiary/aromatic N) is 1. The van der Waals surface area contributed by atoms with Crippen LogP contribution in [0.5, 0.6) is 5.88 Å². The number of ether oxygens (including phenoxy) is 1. The van der Waals surface area contributed by atoms with Crippen LogP contribution in [0.25, 0.3) is 0 Å². The van der Waals surface area contributed by atoms with Crippen molar-refractivity contribution in [2.75, 3.05) is 7.11 Å². The van der Waals surface area contributed by atoms with Gasteiger partial charge in [-0.05, 0) is 0 Å². The van der Waals surface area contributed by atoms with E-state index in [0.29, 0.717) is 0 Å². The molecule has 0 saturated heterocycles. The van der Waals surface area contributed by atoms with E-state index in [-0.39, 0.29) is 0 Å². The second-order valence-electron chi connectivity index (χ2n) is 1.59. The lowest BCUT2D eigenvalue weighted by atomic mass is 10.7. The summed E-state index contributed by atoms with van der Waals surface area (Å²) in [6.45, 7) is 0. The molecule has 0 amide bonds. The molecule has 0 unspecified atom stereocenters. The van der Waals surface area contributed by atoms with Crippen LogP contribution in [0.15, 0.2) is 12.3 Å². The van der Waals surface area contributed by atoms with Gasteiger partial charge in [-0.3, -0.25) is 0 Å². The number of aryl methyl sites for hydroxylation is 1. The molecular formula is C6H8NO. The molecule has 2 heteroatoms. The first-order chi connectivity index (χ1) is 3.84. The van der Waals surface area contributed by atoms with Crippen molar-refractivity contribution in [1.29, 1.82) is 0 Å². The van der Waals surface area contributed by atoms with Crippen molar-refractivity contribution in [3.05, 3.63) is 18.3 Å². The third kappa shape index (κ3) is 0.689. The van der Waals surface area contributed by atoms with E-state index in [4.69, 9.17) is 4.74 Å². The van der Waals surface area contributed by atoms with Gasteiger partial charge in [0, 0.05) is 25.4 Å². The minimum atomic E-state index is 0.838. The van der Waals surface area contributed by atoms with Gasteiger partial charge in [-0.1, -0.05) is 0 Å². The average molecular weight is 110 g/mol. The third-order valence-electron chi connectivity index (χ3n) is 1.03. The van der Waals surface area contributed by atoms with Crippen LogP contribution in [-0.4, -0.2) is 11.7 Å². The molecule has 1 aromatic heterocycles. The summed E-state index contributed by atoms with van der Waals surface area (Å²) < 4.78 is 6.78. The highest BCUT2D eigenvalue weighted by molar-refractivity contribution is 5.10.